The summed E-state index contributed by atoms with van der Waals surface area (Å²) in [5, 5.41) is 0. The minimum absolute atomic E-state index is 0.774. The van der Waals surface area contributed by atoms with Gasteiger partial charge in [-0.15, -0.1) is 0 Å². The van der Waals surface area contributed by atoms with Crippen molar-refractivity contribution in [3.05, 3.63) is 0 Å². The molecule has 0 radical (unpaired) electrons. The Morgan fingerprint density at radius 1 is 1.00 bits per heavy atom. The molecular weight excluding hydrogens is 254 g/mol. The average Bonchev–Trinajstić information content (AvgIpc) is 2.50. The van der Waals surface area contributed by atoms with Crippen LogP contribution in [0.1, 0.15) is 86.0 Å². The third kappa shape index (κ3) is 5.58. The second-order valence-electron chi connectivity index (χ2n) is 7.91. The van der Waals surface area contributed by atoms with E-state index in [1.807, 2.05) is 0 Å². The third-order valence-corrected chi connectivity index (χ3v) is 6.47. The molecule has 2 N–H and O–H groups in total. The van der Waals surface area contributed by atoms with E-state index < -0.39 is 0 Å². The fourth-order valence-corrected chi connectivity index (χ4v) is 4.78. The second kappa shape index (κ2) is 9.87. The van der Waals surface area contributed by atoms with Crippen molar-refractivity contribution in [2.75, 3.05) is 6.54 Å². The van der Waals surface area contributed by atoms with Crippen molar-refractivity contribution in [2.24, 2.45) is 41.2 Å². The minimum Gasteiger partial charge on any atom is -0.330 e. The molecule has 1 aliphatic rings. The first-order chi connectivity index (χ1) is 10.1. The van der Waals surface area contributed by atoms with Crippen LogP contribution in [0, 0.1) is 35.5 Å². The summed E-state index contributed by atoms with van der Waals surface area (Å²) in [7, 11) is 0. The summed E-state index contributed by atoms with van der Waals surface area (Å²) in [6.45, 7) is 13.0. The van der Waals surface area contributed by atoms with Crippen LogP contribution in [-0.4, -0.2) is 6.54 Å². The van der Waals surface area contributed by atoms with Crippen molar-refractivity contribution in [3.63, 3.8) is 0 Å². The van der Waals surface area contributed by atoms with E-state index in [2.05, 4.69) is 34.6 Å². The fraction of sp³-hybridized carbons (Fsp3) is 1.00. The van der Waals surface area contributed by atoms with Crippen LogP contribution in [0.4, 0.5) is 0 Å². The Labute approximate surface area is 134 Å². The van der Waals surface area contributed by atoms with Gasteiger partial charge < -0.3 is 5.73 Å². The standard InChI is InChI=1S/C20H41N/c1-6-9-10-17(7-2)13-18(8-3)20-12-15(4)19(14-21)11-16(20)5/h15-20H,6-14,21H2,1-5H3. The van der Waals surface area contributed by atoms with E-state index in [1.54, 1.807) is 0 Å². The predicted molar refractivity (Wildman–Crippen MR) is 95.3 cm³/mol. The molecule has 1 fully saturated rings. The van der Waals surface area contributed by atoms with E-state index in [9.17, 15) is 0 Å². The van der Waals surface area contributed by atoms with Crippen LogP contribution in [-0.2, 0) is 0 Å². The molecule has 6 atom stereocenters. The summed E-state index contributed by atoms with van der Waals surface area (Å²) in [5.41, 5.74) is 5.97. The highest BCUT2D eigenvalue weighted by Crippen LogP contribution is 2.44. The van der Waals surface area contributed by atoms with Gasteiger partial charge in [-0.05, 0) is 61.3 Å². The van der Waals surface area contributed by atoms with Gasteiger partial charge >= 0.3 is 0 Å². The highest BCUT2D eigenvalue weighted by molar-refractivity contribution is 4.86. The number of hydrogen-bond donors (Lipinski definition) is 1. The first-order valence-electron chi connectivity index (χ1n) is 9.77. The van der Waals surface area contributed by atoms with Crippen molar-refractivity contribution < 1.29 is 0 Å². The maximum Gasteiger partial charge on any atom is -0.00462 e. The van der Waals surface area contributed by atoms with Crippen LogP contribution in [0.15, 0.2) is 0 Å². The first kappa shape index (κ1) is 19.0. The van der Waals surface area contributed by atoms with Gasteiger partial charge in [0.05, 0.1) is 0 Å². The van der Waals surface area contributed by atoms with Gasteiger partial charge in [0, 0.05) is 0 Å². The molecule has 0 aromatic carbocycles. The van der Waals surface area contributed by atoms with E-state index in [0.29, 0.717) is 0 Å². The first-order valence-corrected chi connectivity index (χ1v) is 9.77. The van der Waals surface area contributed by atoms with Crippen molar-refractivity contribution in [3.8, 4) is 0 Å². The average molecular weight is 296 g/mol. The second-order valence-corrected chi connectivity index (χ2v) is 7.91. The Bertz CT molecular complexity index is 263. The Kier molecular flexibility index (Phi) is 8.94. The summed E-state index contributed by atoms with van der Waals surface area (Å²) in [4.78, 5) is 0. The molecule has 0 aromatic rings. The minimum atomic E-state index is 0.774. The largest absolute Gasteiger partial charge is 0.330 e. The zero-order valence-electron chi connectivity index (χ0n) is 15.4. The van der Waals surface area contributed by atoms with Crippen molar-refractivity contribution >= 4 is 0 Å². The lowest BCUT2D eigenvalue weighted by atomic mass is 9.63. The Morgan fingerprint density at radius 3 is 2.24 bits per heavy atom. The van der Waals surface area contributed by atoms with Crippen LogP contribution in [0.3, 0.4) is 0 Å². The third-order valence-electron chi connectivity index (χ3n) is 6.47. The summed E-state index contributed by atoms with van der Waals surface area (Å²) in [6.07, 6.45) is 11.2. The molecule has 0 spiro atoms. The monoisotopic (exact) mass is 295 g/mol. The molecule has 0 saturated heterocycles. The fourth-order valence-electron chi connectivity index (χ4n) is 4.78. The molecule has 126 valence electrons. The quantitative estimate of drug-likeness (QED) is 0.565. The van der Waals surface area contributed by atoms with Crippen LogP contribution in [0.25, 0.3) is 0 Å². The number of nitrogens with two attached hydrogens (primary N) is 1. The molecule has 1 saturated carbocycles. The van der Waals surface area contributed by atoms with E-state index in [1.165, 1.54) is 51.4 Å². The van der Waals surface area contributed by atoms with Gasteiger partial charge in [-0.25, -0.2) is 0 Å². The lowest BCUT2D eigenvalue weighted by Gasteiger charge is -2.43. The van der Waals surface area contributed by atoms with Gasteiger partial charge in [-0.3, -0.25) is 0 Å². The summed E-state index contributed by atoms with van der Waals surface area (Å²) >= 11 is 0. The van der Waals surface area contributed by atoms with Gasteiger partial charge in [-0.1, -0.05) is 66.7 Å². The maximum atomic E-state index is 5.97. The predicted octanol–water partition coefficient (Wildman–Crippen LogP) is 5.88. The molecule has 0 bridgehead atoms. The Hall–Kier alpha value is -0.0400. The Balaban J connectivity index is 2.61. The highest BCUT2D eigenvalue weighted by Gasteiger charge is 2.36. The van der Waals surface area contributed by atoms with Crippen molar-refractivity contribution in [2.45, 2.75) is 86.0 Å². The molecular formula is C20H41N. The maximum absolute atomic E-state index is 5.97. The van der Waals surface area contributed by atoms with Crippen molar-refractivity contribution in [1.82, 2.24) is 0 Å². The van der Waals surface area contributed by atoms with Gasteiger partial charge in [-0.2, -0.15) is 0 Å². The van der Waals surface area contributed by atoms with Gasteiger partial charge in [0.1, 0.15) is 0 Å². The van der Waals surface area contributed by atoms with Crippen LogP contribution < -0.4 is 5.73 Å². The molecule has 1 heteroatoms. The molecule has 1 rings (SSSR count). The van der Waals surface area contributed by atoms with E-state index in [0.717, 1.165) is 42.1 Å². The number of rotatable bonds is 9. The van der Waals surface area contributed by atoms with Crippen LogP contribution in [0.5, 0.6) is 0 Å². The molecule has 0 aliphatic heterocycles. The molecule has 0 heterocycles. The number of unbranched alkanes of at least 4 members (excludes halogenated alkanes) is 1. The van der Waals surface area contributed by atoms with Crippen molar-refractivity contribution in [1.29, 1.82) is 0 Å². The molecule has 0 aromatic heterocycles. The molecule has 0 amide bonds. The summed E-state index contributed by atoms with van der Waals surface area (Å²) in [5.74, 6) is 5.34. The van der Waals surface area contributed by atoms with Crippen LogP contribution in [0.2, 0.25) is 0 Å². The lowest BCUT2D eigenvalue weighted by molar-refractivity contribution is 0.0767. The van der Waals surface area contributed by atoms with Gasteiger partial charge in [0.25, 0.3) is 0 Å². The smallest absolute Gasteiger partial charge is 0.00462 e. The molecule has 1 aliphatic carbocycles. The Morgan fingerprint density at radius 2 is 1.71 bits per heavy atom. The highest BCUT2D eigenvalue weighted by atomic mass is 14.6. The lowest BCUT2D eigenvalue weighted by Crippen LogP contribution is -2.37. The molecule has 6 unspecified atom stereocenters. The normalized spacial score (nSPS) is 32.9. The van der Waals surface area contributed by atoms with Gasteiger partial charge in [0.15, 0.2) is 0 Å². The molecule has 1 nitrogen and oxygen atoms in total. The van der Waals surface area contributed by atoms with E-state index in [4.69, 9.17) is 5.73 Å². The zero-order valence-corrected chi connectivity index (χ0v) is 15.4. The topological polar surface area (TPSA) is 26.0 Å². The number of hydrogen-bond acceptors (Lipinski definition) is 1. The SMILES string of the molecule is CCCCC(CC)CC(CC)C1CC(C)C(CN)CC1C. The zero-order chi connectivity index (χ0) is 15.8. The van der Waals surface area contributed by atoms with Gasteiger partial charge in [0.2, 0.25) is 0 Å². The summed E-state index contributed by atoms with van der Waals surface area (Å²) in [6, 6.07) is 0. The molecule has 21 heavy (non-hydrogen) atoms. The van der Waals surface area contributed by atoms with E-state index >= 15 is 0 Å². The summed E-state index contributed by atoms with van der Waals surface area (Å²) < 4.78 is 0. The van der Waals surface area contributed by atoms with Crippen LogP contribution >= 0.6 is 0 Å². The van der Waals surface area contributed by atoms with E-state index in [-0.39, 0.29) is 0 Å².